The Morgan fingerprint density at radius 2 is 1.97 bits per heavy atom. The van der Waals surface area contributed by atoms with Crippen molar-refractivity contribution in [3.05, 3.63) is 71.2 Å². The molecule has 7 nitrogen and oxygen atoms in total. The molecule has 0 bridgehead atoms. The van der Waals surface area contributed by atoms with E-state index in [0.29, 0.717) is 35.4 Å². The minimum Gasteiger partial charge on any atom is -0.449 e. The van der Waals surface area contributed by atoms with Crippen molar-refractivity contribution >= 4 is 34.2 Å². The maximum atomic E-state index is 13.1. The van der Waals surface area contributed by atoms with Crippen LogP contribution >= 0.6 is 11.3 Å². The van der Waals surface area contributed by atoms with E-state index in [-0.39, 0.29) is 5.91 Å². The van der Waals surface area contributed by atoms with Crippen LogP contribution in [0.1, 0.15) is 29.8 Å². The van der Waals surface area contributed by atoms with Crippen LogP contribution in [0.25, 0.3) is 21.6 Å². The number of thiophene rings is 1. The molecule has 3 aromatic heterocycles. The first-order valence-electron chi connectivity index (χ1n) is 10.4. The van der Waals surface area contributed by atoms with Gasteiger partial charge in [-0.25, -0.2) is 14.5 Å². The highest BCUT2D eigenvalue weighted by atomic mass is 32.1. The minimum absolute atomic E-state index is 0.268. The van der Waals surface area contributed by atoms with E-state index in [2.05, 4.69) is 5.10 Å². The fourth-order valence-electron chi connectivity index (χ4n) is 3.52. The fraction of sp³-hybridized carbons (Fsp3) is 0.250. The summed E-state index contributed by atoms with van der Waals surface area (Å²) in [6.07, 6.45) is 0.695. The molecule has 0 saturated heterocycles. The maximum absolute atomic E-state index is 13.1. The third-order valence-corrected chi connectivity index (χ3v) is 6.07. The van der Waals surface area contributed by atoms with Crippen LogP contribution < -0.4 is 0 Å². The molecular formula is C24H24N4O3S. The molecule has 4 aromatic rings. The molecule has 1 atom stereocenters. The van der Waals surface area contributed by atoms with Gasteiger partial charge in [0.25, 0.3) is 5.91 Å². The van der Waals surface area contributed by atoms with E-state index in [4.69, 9.17) is 9.72 Å². The van der Waals surface area contributed by atoms with Gasteiger partial charge in [0.2, 0.25) is 0 Å². The number of esters is 1. The van der Waals surface area contributed by atoms with Gasteiger partial charge in [-0.15, -0.1) is 11.3 Å². The normalized spacial score (nSPS) is 12.0. The van der Waals surface area contributed by atoms with Crippen LogP contribution in [0.5, 0.6) is 0 Å². The Morgan fingerprint density at radius 1 is 1.19 bits per heavy atom. The van der Waals surface area contributed by atoms with E-state index in [1.54, 1.807) is 35.8 Å². The first-order valence-corrected chi connectivity index (χ1v) is 11.3. The van der Waals surface area contributed by atoms with Crippen molar-refractivity contribution in [3.8, 4) is 10.6 Å². The molecule has 0 N–H and O–H groups in total. The lowest BCUT2D eigenvalue weighted by atomic mass is 10.1. The third-order valence-electron chi connectivity index (χ3n) is 5.17. The Kier molecular flexibility index (Phi) is 6.32. The second-order valence-corrected chi connectivity index (χ2v) is 8.41. The van der Waals surface area contributed by atoms with Crippen LogP contribution in [0.15, 0.2) is 60.1 Å². The van der Waals surface area contributed by atoms with E-state index < -0.39 is 12.1 Å². The summed E-state index contributed by atoms with van der Waals surface area (Å²) in [4.78, 5) is 33.1. The molecule has 0 saturated carbocycles. The molecule has 1 aromatic carbocycles. The molecule has 4 rings (SSSR count). The highest BCUT2D eigenvalue weighted by Gasteiger charge is 2.25. The van der Waals surface area contributed by atoms with E-state index in [9.17, 15) is 9.59 Å². The van der Waals surface area contributed by atoms with E-state index >= 15 is 0 Å². The Balaban J connectivity index is 1.57. The molecule has 3 heterocycles. The average molecular weight is 449 g/mol. The van der Waals surface area contributed by atoms with Crippen molar-refractivity contribution < 1.29 is 14.3 Å². The molecule has 0 radical (unpaired) electrons. The van der Waals surface area contributed by atoms with Gasteiger partial charge in [-0.05, 0) is 36.9 Å². The predicted octanol–water partition coefficient (Wildman–Crippen LogP) is 4.38. The summed E-state index contributed by atoms with van der Waals surface area (Å²) in [6.45, 7) is 4.62. The van der Waals surface area contributed by atoms with Crippen molar-refractivity contribution in [1.82, 2.24) is 19.7 Å². The number of carbonyl (C=O) groups is 2. The number of amides is 1. The Labute approximate surface area is 190 Å². The van der Waals surface area contributed by atoms with Crippen molar-refractivity contribution in [1.29, 1.82) is 0 Å². The SMILES string of the molecule is CCn1ncc2c(C(=O)OC(C)C(=O)N(C)Cc3ccccc3)cc(-c3cccs3)nc21. The van der Waals surface area contributed by atoms with Crippen LogP contribution in [0.3, 0.4) is 0 Å². The molecule has 0 aliphatic rings. The fourth-order valence-corrected chi connectivity index (χ4v) is 4.20. The van der Waals surface area contributed by atoms with Crippen molar-refractivity contribution in [3.63, 3.8) is 0 Å². The lowest BCUT2D eigenvalue weighted by molar-refractivity contribution is -0.139. The summed E-state index contributed by atoms with van der Waals surface area (Å²) in [6, 6.07) is 15.3. The van der Waals surface area contributed by atoms with Gasteiger partial charge < -0.3 is 9.64 Å². The van der Waals surface area contributed by atoms with E-state index in [1.165, 1.54) is 11.3 Å². The van der Waals surface area contributed by atoms with Gasteiger partial charge in [-0.2, -0.15) is 5.10 Å². The maximum Gasteiger partial charge on any atom is 0.339 e. The standard InChI is InChI=1S/C24H24N4O3S/c1-4-28-22-19(14-25-28)18(13-20(26-22)21-11-8-12-32-21)24(30)31-16(2)23(29)27(3)15-17-9-6-5-7-10-17/h5-14,16H,4,15H2,1-3H3. The quantitative estimate of drug-likeness (QED) is 0.392. The molecule has 8 heteroatoms. The number of likely N-dealkylation sites (N-methyl/N-ethyl adjacent to an activating group) is 1. The molecule has 0 aliphatic carbocycles. The lowest BCUT2D eigenvalue weighted by Gasteiger charge is -2.21. The van der Waals surface area contributed by atoms with Gasteiger partial charge in [-0.3, -0.25) is 4.79 Å². The number of fused-ring (bicyclic) bond motifs is 1. The zero-order valence-electron chi connectivity index (χ0n) is 18.2. The number of carbonyl (C=O) groups excluding carboxylic acids is 2. The summed E-state index contributed by atoms with van der Waals surface area (Å²) >= 11 is 1.54. The summed E-state index contributed by atoms with van der Waals surface area (Å²) in [5.74, 6) is -0.838. The first kappa shape index (κ1) is 21.7. The topological polar surface area (TPSA) is 77.3 Å². The highest BCUT2D eigenvalue weighted by molar-refractivity contribution is 7.13. The number of ether oxygens (including phenoxy) is 1. The summed E-state index contributed by atoms with van der Waals surface area (Å²) in [5.41, 5.74) is 2.65. The van der Waals surface area contributed by atoms with Gasteiger partial charge >= 0.3 is 5.97 Å². The number of benzene rings is 1. The Morgan fingerprint density at radius 3 is 2.66 bits per heavy atom. The molecule has 0 spiro atoms. The highest BCUT2D eigenvalue weighted by Crippen LogP contribution is 2.28. The van der Waals surface area contributed by atoms with Crippen molar-refractivity contribution in [2.24, 2.45) is 0 Å². The number of aryl methyl sites for hydroxylation is 1. The van der Waals surface area contributed by atoms with Gasteiger partial charge in [0.15, 0.2) is 11.8 Å². The van der Waals surface area contributed by atoms with Crippen LogP contribution in [0, 0.1) is 0 Å². The van der Waals surface area contributed by atoms with Crippen LogP contribution in [0.4, 0.5) is 0 Å². The summed E-state index contributed by atoms with van der Waals surface area (Å²) < 4.78 is 7.33. The summed E-state index contributed by atoms with van der Waals surface area (Å²) in [7, 11) is 1.70. The number of pyridine rings is 1. The van der Waals surface area contributed by atoms with Gasteiger partial charge in [0.1, 0.15) is 0 Å². The van der Waals surface area contributed by atoms with Crippen molar-refractivity contribution in [2.75, 3.05) is 7.05 Å². The van der Waals surface area contributed by atoms with Gasteiger partial charge in [0.05, 0.1) is 27.7 Å². The second kappa shape index (κ2) is 9.32. The number of hydrogen-bond acceptors (Lipinski definition) is 6. The predicted molar refractivity (Wildman–Crippen MR) is 124 cm³/mol. The number of aromatic nitrogens is 3. The monoisotopic (exact) mass is 448 g/mol. The molecule has 32 heavy (non-hydrogen) atoms. The zero-order chi connectivity index (χ0) is 22.7. The van der Waals surface area contributed by atoms with Crippen molar-refractivity contribution in [2.45, 2.75) is 33.0 Å². The second-order valence-electron chi connectivity index (χ2n) is 7.46. The summed E-state index contributed by atoms with van der Waals surface area (Å²) in [5, 5.41) is 6.91. The third kappa shape index (κ3) is 4.40. The number of hydrogen-bond donors (Lipinski definition) is 0. The molecule has 0 aliphatic heterocycles. The largest absolute Gasteiger partial charge is 0.449 e. The van der Waals surface area contributed by atoms with E-state index in [0.717, 1.165) is 10.4 Å². The van der Waals surface area contributed by atoms with E-state index in [1.807, 2.05) is 54.8 Å². The molecule has 0 fully saturated rings. The molecule has 1 unspecified atom stereocenters. The first-order chi connectivity index (χ1) is 15.5. The lowest BCUT2D eigenvalue weighted by Crippen LogP contribution is -2.37. The number of rotatable bonds is 7. The Bertz CT molecular complexity index is 1240. The molecule has 164 valence electrons. The molecular weight excluding hydrogens is 424 g/mol. The van der Waals surface area contributed by atoms with Gasteiger partial charge in [-0.1, -0.05) is 36.4 Å². The van der Waals surface area contributed by atoms with Crippen LogP contribution in [-0.4, -0.2) is 44.7 Å². The van der Waals surface area contributed by atoms with Crippen LogP contribution in [0.2, 0.25) is 0 Å². The Hall–Kier alpha value is -3.52. The smallest absolute Gasteiger partial charge is 0.339 e. The van der Waals surface area contributed by atoms with Crippen LogP contribution in [-0.2, 0) is 22.6 Å². The minimum atomic E-state index is -0.925. The zero-order valence-corrected chi connectivity index (χ0v) is 19.0. The molecule has 1 amide bonds. The average Bonchev–Trinajstić information content (AvgIpc) is 3.48. The number of nitrogens with zero attached hydrogens (tertiary/aromatic N) is 4. The van der Waals surface area contributed by atoms with Gasteiger partial charge in [0, 0.05) is 20.1 Å².